The summed E-state index contributed by atoms with van der Waals surface area (Å²) in [6.45, 7) is 11.0. The Bertz CT molecular complexity index is 359. The predicted octanol–water partition coefficient (Wildman–Crippen LogP) is 2.04. The highest BCUT2D eigenvalue weighted by Gasteiger charge is 2.32. The number of nitrogens with one attached hydrogen (secondary N) is 1. The highest BCUT2D eigenvalue weighted by Crippen LogP contribution is 2.21. The largest absolute Gasteiger partial charge is 0.381 e. The second-order valence-electron chi connectivity index (χ2n) is 6.46. The molecule has 6 nitrogen and oxygen atoms in total. The van der Waals surface area contributed by atoms with Crippen molar-refractivity contribution in [3.05, 3.63) is 0 Å². The molecule has 2 atom stereocenters. The molecule has 0 spiro atoms. The lowest BCUT2D eigenvalue weighted by molar-refractivity contribution is -0.0817. The van der Waals surface area contributed by atoms with Crippen LogP contribution in [0.1, 0.15) is 46.0 Å². The fourth-order valence-corrected chi connectivity index (χ4v) is 3.11. The van der Waals surface area contributed by atoms with Gasteiger partial charge in [0, 0.05) is 46.0 Å². The summed E-state index contributed by atoms with van der Waals surface area (Å²) in [7, 11) is 0. The van der Waals surface area contributed by atoms with Crippen molar-refractivity contribution in [1.29, 1.82) is 0 Å². The molecule has 24 heavy (non-hydrogen) atoms. The molecule has 2 fully saturated rings. The number of ether oxygens (including phenoxy) is 3. The van der Waals surface area contributed by atoms with E-state index in [0.717, 1.165) is 84.2 Å². The Balaban J connectivity index is 1.76. The fourth-order valence-electron chi connectivity index (χ4n) is 3.11. The first kappa shape index (κ1) is 19.5. The first-order valence-corrected chi connectivity index (χ1v) is 9.69. The van der Waals surface area contributed by atoms with Crippen LogP contribution in [0.2, 0.25) is 0 Å². The lowest BCUT2D eigenvalue weighted by Crippen LogP contribution is -2.53. The topological polar surface area (TPSA) is 55.3 Å². The van der Waals surface area contributed by atoms with Crippen molar-refractivity contribution < 1.29 is 14.2 Å². The molecular formula is C18H35N3O3. The number of rotatable bonds is 9. The maximum absolute atomic E-state index is 5.93. The van der Waals surface area contributed by atoms with Gasteiger partial charge in [-0.05, 0) is 32.6 Å². The fraction of sp³-hybridized carbons (Fsp3) is 0.944. The average molecular weight is 341 g/mol. The summed E-state index contributed by atoms with van der Waals surface area (Å²) in [6.07, 6.45) is 5.98. The van der Waals surface area contributed by atoms with Gasteiger partial charge in [-0.3, -0.25) is 4.99 Å². The minimum absolute atomic E-state index is 0.169. The van der Waals surface area contributed by atoms with Crippen molar-refractivity contribution in [2.45, 2.75) is 58.2 Å². The molecule has 0 amide bonds. The van der Waals surface area contributed by atoms with E-state index in [4.69, 9.17) is 19.2 Å². The van der Waals surface area contributed by atoms with Gasteiger partial charge in [-0.1, -0.05) is 13.3 Å². The van der Waals surface area contributed by atoms with E-state index >= 15 is 0 Å². The summed E-state index contributed by atoms with van der Waals surface area (Å²) < 4.78 is 17.3. The van der Waals surface area contributed by atoms with E-state index < -0.39 is 0 Å². The summed E-state index contributed by atoms with van der Waals surface area (Å²) in [5, 5.41) is 3.41. The zero-order chi connectivity index (χ0) is 17.0. The monoisotopic (exact) mass is 341 g/mol. The average Bonchev–Trinajstić information content (AvgIpc) is 3.15. The summed E-state index contributed by atoms with van der Waals surface area (Å²) in [5.74, 6) is 0.998. The van der Waals surface area contributed by atoms with Gasteiger partial charge < -0.3 is 24.4 Å². The molecule has 2 heterocycles. The first-order valence-electron chi connectivity index (χ1n) is 9.69. The van der Waals surface area contributed by atoms with Crippen molar-refractivity contribution in [2.24, 2.45) is 4.99 Å². The minimum Gasteiger partial charge on any atom is -0.381 e. The number of hydrogen-bond donors (Lipinski definition) is 1. The smallest absolute Gasteiger partial charge is 0.194 e. The van der Waals surface area contributed by atoms with E-state index in [0.29, 0.717) is 0 Å². The van der Waals surface area contributed by atoms with Crippen molar-refractivity contribution >= 4 is 5.96 Å². The molecule has 0 aromatic carbocycles. The molecule has 0 saturated carbocycles. The lowest BCUT2D eigenvalue weighted by atomic mass is 10.1. The van der Waals surface area contributed by atoms with Crippen molar-refractivity contribution in [3.8, 4) is 0 Å². The standard InChI is InChI=1S/C18H35N3O3/c1-3-5-11-22-12-7-9-20-18(19-4-2)21-10-14-24-17(15-21)16-8-6-13-23-16/h16-17H,3-15H2,1-2H3,(H,19,20). The lowest BCUT2D eigenvalue weighted by Gasteiger charge is -2.37. The molecule has 0 aromatic rings. The molecule has 2 saturated heterocycles. The zero-order valence-corrected chi connectivity index (χ0v) is 15.5. The third-order valence-corrected chi connectivity index (χ3v) is 4.46. The van der Waals surface area contributed by atoms with Crippen LogP contribution < -0.4 is 5.32 Å². The third kappa shape index (κ3) is 6.57. The van der Waals surface area contributed by atoms with Gasteiger partial charge in [-0.25, -0.2) is 0 Å². The number of nitrogens with zero attached hydrogens (tertiary/aromatic N) is 2. The second-order valence-corrected chi connectivity index (χ2v) is 6.46. The van der Waals surface area contributed by atoms with E-state index in [9.17, 15) is 0 Å². The minimum atomic E-state index is 0.169. The summed E-state index contributed by atoms with van der Waals surface area (Å²) >= 11 is 0. The normalized spacial score (nSPS) is 25.2. The maximum Gasteiger partial charge on any atom is 0.194 e. The zero-order valence-electron chi connectivity index (χ0n) is 15.5. The van der Waals surface area contributed by atoms with Gasteiger partial charge in [0.1, 0.15) is 6.10 Å². The van der Waals surface area contributed by atoms with Crippen molar-refractivity contribution in [3.63, 3.8) is 0 Å². The molecule has 0 aromatic heterocycles. The Morgan fingerprint density at radius 2 is 2.00 bits per heavy atom. The molecular weight excluding hydrogens is 306 g/mol. The summed E-state index contributed by atoms with van der Waals surface area (Å²) in [5.41, 5.74) is 0. The van der Waals surface area contributed by atoms with Crippen LogP contribution in [-0.4, -0.2) is 75.7 Å². The van der Waals surface area contributed by atoms with Crippen molar-refractivity contribution in [1.82, 2.24) is 10.2 Å². The summed E-state index contributed by atoms with van der Waals surface area (Å²) in [6, 6.07) is 0. The Hall–Kier alpha value is -0.850. The highest BCUT2D eigenvalue weighted by atomic mass is 16.5. The SMILES string of the molecule is CCCCOCCCN=C(NCC)N1CCOC(C2CCCO2)C1. The predicted molar refractivity (Wildman–Crippen MR) is 96.6 cm³/mol. The number of guanidine groups is 1. The Morgan fingerprint density at radius 3 is 2.75 bits per heavy atom. The van der Waals surface area contributed by atoms with Gasteiger partial charge >= 0.3 is 0 Å². The molecule has 0 aliphatic carbocycles. The number of morpholine rings is 1. The van der Waals surface area contributed by atoms with Gasteiger partial charge in [-0.2, -0.15) is 0 Å². The third-order valence-electron chi connectivity index (χ3n) is 4.46. The Morgan fingerprint density at radius 1 is 1.17 bits per heavy atom. The van der Waals surface area contributed by atoms with Crippen molar-refractivity contribution in [2.75, 3.05) is 52.6 Å². The molecule has 2 aliphatic rings. The quantitative estimate of drug-likeness (QED) is 0.395. The van der Waals surface area contributed by atoms with Crippen LogP contribution in [0.5, 0.6) is 0 Å². The number of aliphatic imine (C=N–C) groups is 1. The van der Waals surface area contributed by atoms with E-state index in [-0.39, 0.29) is 12.2 Å². The number of hydrogen-bond acceptors (Lipinski definition) is 4. The van der Waals surface area contributed by atoms with Crippen LogP contribution in [0.3, 0.4) is 0 Å². The molecule has 2 unspecified atom stereocenters. The number of unbranched alkanes of at least 4 members (excludes halogenated alkanes) is 1. The molecule has 0 bridgehead atoms. The molecule has 1 N–H and O–H groups in total. The second kappa shape index (κ2) is 11.7. The van der Waals surface area contributed by atoms with E-state index in [2.05, 4.69) is 24.1 Å². The van der Waals surface area contributed by atoms with Crippen LogP contribution in [-0.2, 0) is 14.2 Å². The van der Waals surface area contributed by atoms with E-state index in [1.165, 1.54) is 6.42 Å². The summed E-state index contributed by atoms with van der Waals surface area (Å²) in [4.78, 5) is 7.09. The van der Waals surface area contributed by atoms with Crippen LogP contribution in [0.25, 0.3) is 0 Å². The van der Waals surface area contributed by atoms with Crippen LogP contribution >= 0.6 is 0 Å². The molecule has 140 valence electrons. The van der Waals surface area contributed by atoms with Gasteiger partial charge in [0.05, 0.1) is 12.7 Å². The van der Waals surface area contributed by atoms with E-state index in [1.807, 2.05) is 0 Å². The van der Waals surface area contributed by atoms with Gasteiger partial charge in [-0.15, -0.1) is 0 Å². The molecule has 2 aliphatic heterocycles. The molecule has 6 heteroatoms. The molecule has 0 radical (unpaired) electrons. The van der Waals surface area contributed by atoms with Crippen LogP contribution in [0.4, 0.5) is 0 Å². The van der Waals surface area contributed by atoms with Crippen LogP contribution in [0.15, 0.2) is 4.99 Å². The molecule has 2 rings (SSSR count). The maximum atomic E-state index is 5.93. The van der Waals surface area contributed by atoms with Gasteiger partial charge in [0.25, 0.3) is 0 Å². The van der Waals surface area contributed by atoms with Gasteiger partial charge in [0.2, 0.25) is 0 Å². The highest BCUT2D eigenvalue weighted by molar-refractivity contribution is 5.80. The Labute approximate surface area is 146 Å². The van der Waals surface area contributed by atoms with Crippen LogP contribution in [0, 0.1) is 0 Å². The Kier molecular flexibility index (Phi) is 9.46. The van der Waals surface area contributed by atoms with E-state index in [1.54, 1.807) is 0 Å². The van der Waals surface area contributed by atoms with Gasteiger partial charge in [0.15, 0.2) is 5.96 Å². The first-order chi connectivity index (χ1) is 11.8.